The molecule has 0 unspecified atom stereocenters. The van der Waals surface area contributed by atoms with Gasteiger partial charge in [0.2, 0.25) is 10.0 Å². The Hall–Kier alpha value is -1.98. The zero-order valence-electron chi connectivity index (χ0n) is 20.1. The average Bonchev–Trinajstić information content (AvgIpc) is 2.85. The van der Waals surface area contributed by atoms with Crippen LogP contribution < -0.4 is 10.9 Å². The summed E-state index contributed by atoms with van der Waals surface area (Å²) in [7, 11) is -3.73. The highest BCUT2D eigenvalue weighted by Gasteiger charge is 2.32. The van der Waals surface area contributed by atoms with Crippen LogP contribution in [0.1, 0.15) is 51.1 Å². The lowest BCUT2D eigenvalue weighted by Crippen LogP contribution is -2.41. The normalized spacial score (nSPS) is 20.6. The molecule has 1 aromatic carbocycles. The standard InChI is InChI=1S/C24H33ClN4O5S/c1-24(2,31)18-6-3-7-20(13-18)35(32,33)28-10-8-19(9-11-28)29-23(30)22(25)21(15-27-29)26-14-17-5-4-12-34-16-17/h3,6-7,13,15,17,19,26,31H,4-5,8-12,14,16H2,1-2H3/t17-/m0/s1. The molecular weight excluding hydrogens is 492 g/mol. The number of ether oxygens (including phenoxy) is 1. The van der Waals surface area contributed by atoms with Crippen LogP contribution in [0.4, 0.5) is 5.69 Å². The number of nitrogens with zero attached hydrogens (tertiary/aromatic N) is 3. The third-order valence-corrected chi connectivity index (χ3v) is 8.99. The summed E-state index contributed by atoms with van der Waals surface area (Å²) in [5, 5.41) is 17.9. The second-order valence-corrected chi connectivity index (χ2v) is 12.1. The molecule has 0 bridgehead atoms. The molecular formula is C24H33ClN4O5S. The summed E-state index contributed by atoms with van der Waals surface area (Å²) in [6.07, 6.45) is 4.55. The van der Waals surface area contributed by atoms with Gasteiger partial charge in [0.25, 0.3) is 5.56 Å². The summed E-state index contributed by atoms with van der Waals surface area (Å²) in [5.74, 6) is 0.373. The van der Waals surface area contributed by atoms with Crippen LogP contribution in [0, 0.1) is 5.92 Å². The number of anilines is 1. The number of rotatable bonds is 7. The second-order valence-electron chi connectivity index (χ2n) is 9.81. The lowest BCUT2D eigenvalue weighted by molar-refractivity contribution is 0.0595. The second kappa shape index (κ2) is 10.6. The van der Waals surface area contributed by atoms with Crippen molar-refractivity contribution in [1.82, 2.24) is 14.1 Å². The van der Waals surface area contributed by atoms with Gasteiger partial charge in [0.15, 0.2) is 0 Å². The first-order valence-corrected chi connectivity index (χ1v) is 13.8. The van der Waals surface area contributed by atoms with E-state index in [1.165, 1.54) is 21.1 Å². The SMILES string of the molecule is CC(C)(O)c1cccc(S(=O)(=O)N2CCC(n3ncc(NC[C@@H]4CCCOC4)c(Cl)c3=O)CC2)c1. The topological polar surface area (TPSA) is 114 Å². The molecule has 3 heterocycles. The maximum absolute atomic E-state index is 13.2. The predicted molar refractivity (Wildman–Crippen MR) is 134 cm³/mol. The van der Waals surface area contributed by atoms with E-state index in [1.807, 2.05) is 0 Å². The Morgan fingerprint density at radius 1 is 1.26 bits per heavy atom. The number of halogens is 1. The summed E-state index contributed by atoms with van der Waals surface area (Å²) < 4.78 is 34.7. The number of nitrogens with one attached hydrogen (secondary N) is 1. The summed E-state index contributed by atoms with van der Waals surface area (Å²) in [5.41, 5.74) is -0.486. The summed E-state index contributed by atoms with van der Waals surface area (Å²) >= 11 is 6.37. The third-order valence-electron chi connectivity index (χ3n) is 6.73. The molecule has 192 valence electrons. The van der Waals surface area contributed by atoms with Crippen LogP contribution in [0.3, 0.4) is 0 Å². The van der Waals surface area contributed by atoms with Crippen LogP contribution in [0.2, 0.25) is 5.02 Å². The van der Waals surface area contributed by atoms with E-state index in [9.17, 15) is 18.3 Å². The fourth-order valence-corrected chi connectivity index (χ4v) is 6.28. The molecule has 2 fully saturated rings. The number of aromatic nitrogens is 2. The Morgan fingerprint density at radius 2 is 2.00 bits per heavy atom. The zero-order chi connectivity index (χ0) is 25.2. The Morgan fingerprint density at radius 3 is 2.66 bits per heavy atom. The maximum Gasteiger partial charge on any atom is 0.287 e. The van der Waals surface area contributed by atoms with Gasteiger partial charge in [-0.15, -0.1) is 0 Å². The van der Waals surface area contributed by atoms with Gasteiger partial charge >= 0.3 is 0 Å². The Balaban J connectivity index is 1.42. The number of hydrogen-bond donors (Lipinski definition) is 2. The van der Waals surface area contributed by atoms with E-state index in [4.69, 9.17) is 16.3 Å². The van der Waals surface area contributed by atoms with Gasteiger partial charge < -0.3 is 15.2 Å². The van der Waals surface area contributed by atoms with Crippen LogP contribution >= 0.6 is 11.6 Å². The van der Waals surface area contributed by atoms with Crippen LogP contribution in [-0.2, 0) is 20.4 Å². The first kappa shape index (κ1) is 26.1. The highest BCUT2D eigenvalue weighted by atomic mass is 35.5. The molecule has 0 radical (unpaired) electrons. The summed E-state index contributed by atoms with van der Waals surface area (Å²) in [6.45, 7) is 5.90. The van der Waals surface area contributed by atoms with Gasteiger partial charge in [-0.25, -0.2) is 13.1 Å². The highest BCUT2D eigenvalue weighted by molar-refractivity contribution is 7.89. The molecule has 2 N–H and O–H groups in total. The molecule has 35 heavy (non-hydrogen) atoms. The molecule has 1 atom stereocenters. The fraction of sp³-hybridized carbons (Fsp3) is 0.583. The van der Waals surface area contributed by atoms with Gasteiger partial charge in [-0.3, -0.25) is 4.79 Å². The molecule has 11 heteroatoms. The maximum atomic E-state index is 13.2. The van der Waals surface area contributed by atoms with Crippen molar-refractivity contribution in [2.24, 2.45) is 5.92 Å². The van der Waals surface area contributed by atoms with E-state index in [2.05, 4.69) is 10.4 Å². The zero-order valence-corrected chi connectivity index (χ0v) is 21.7. The van der Waals surface area contributed by atoms with Crippen molar-refractivity contribution in [2.45, 2.75) is 56.1 Å². The highest BCUT2D eigenvalue weighted by Crippen LogP contribution is 2.29. The van der Waals surface area contributed by atoms with Crippen LogP contribution in [0.15, 0.2) is 40.2 Å². The number of hydrogen-bond acceptors (Lipinski definition) is 7. The van der Waals surface area contributed by atoms with E-state index in [0.29, 0.717) is 43.2 Å². The number of sulfonamides is 1. The molecule has 9 nitrogen and oxygen atoms in total. The quantitative estimate of drug-likeness (QED) is 0.572. The Labute approximate surface area is 211 Å². The van der Waals surface area contributed by atoms with E-state index >= 15 is 0 Å². The van der Waals surface area contributed by atoms with Gasteiger partial charge in [-0.1, -0.05) is 23.7 Å². The largest absolute Gasteiger partial charge is 0.386 e. The van der Waals surface area contributed by atoms with E-state index < -0.39 is 15.6 Å². The number of piperidine rings is 1. The summed E-state index contributed by atoms with van der Waals surface area (Å²) in [6, 6.07) is 6.14. The lowest BCUT2D eigenvalue weighted by atomic mass is 9.99. The van der Waals surface area contributed by atoms with Gasteiger partial charge in [0, 0.05) is 26.2 Å². The van der Waals surface area contributed by atoms with Crippen molar-refractivity contribution >= 4 is 27.3 Å². The van der Waals surface area contributed by atoms with Crippen LogP contribution in [0.25, 0.3) is 0 Å². The van der Waals surface area contributed by atoms with Crippen molar-refractivity contribution in [3.63, 3.8) is 0 Å². The molecule has 4 rings (SSSR count). The van der Waals surface area contributed by atoms with E-state index in [-0.39, 0.29) is 34.6 Å². The molecule has 2 aliphatic rings. The van der Waals surface area contributed by atoms with Gasteiger partial charge in [0.05, 0.1) is 35.0 Å². The van der Waals surface area contributed by atoms with Gasteiger partial charge in [-0.2, -0.15) is 9.40 Å². The third kappa shape index (κ3) is 5.89. The molecule has 2 saturated heterocycles. The molecule has 2 aliphatic heterocycles. The van der Waals surface area contributed by atoms with Crippen LogP contribution in [0.5, 0.6) is 0 Å². The number of aliphatic hydroxyl groups is 1. The van der Waals surface area contributed by atoms with E-state index in [1.54, 1.807) is 32.2 Å². The van der Waals surface area contributed by atoms with E-state index in [0.717, 1.165) is 19.4 Å². The molecule has 0 spiro atoms. The first-order valence-electron chi connectivity index (χ1n) is 12.0. The first-order chi connectivity index (χ1) is 16.6. The minimum Gasteiger partial charge on any atom is -0.386 e. The molecule has 0 amide bonds. The Bertz CT molecular complexity index is 1200. The van der Waals surface area contributed by atoms with Crippen molar-refractivity contribution in [1.29, 1.82) is 0 Å². The molecule has 0 aliphatic carbocycles. The van der Waals surface area contributed by atoms with Crippen LogP contribution in [-0.4, -0.2) is 60.5 Å². The van der Waals surface area contributed by atoms with Crippen molar-refractivity contribution in [3.05, 3.63) is 51.4 Å². The fourth-order valence-electron chi connectivity index (χ4n) is 4.56. The minimum absolute atomic E-state index is 0.0928. The van der Waals surface area contributed by atoms with Crippen molar-refractivity contribution in [2.75, 3.05) is 38.2 Å². The molecule has 1 aromatic heterocycles. The smallest absolute Gasteiger partial charge is 0.287 e. The molecule has 0 saturated carbocycles. The minimum atomic E-state index is -3.73. The summed E-state index contributed by atoms with van der Waals surface area (Å²) in [4.78, 5) is 13.1. The monoisotopic (exact) mass is 524 g/mol. The number of benzene rings is 1. The average molecular weight is 525 g/mol. The predicted octanol–water partition coefficient (Wildman–Crippen LogP) is 2.99. The van der Waals surface area contributed by atoms with Gasteiger partial charge in [0.1, 0.15) is 5.02 Å². The lowest BCUT2D eigenvalue weighted by Gasteiger charge is -2.32. The van der Waals surface area contributed by atoms with Crippen molar-refractivity contribution in [3.8, 4) is 0 Å². The molecule has 2 aromatic rings. The van der Waals surface area contributed by atoms with Crippen molar-refractivity contribution < 1.29 is 18.3 Å². The van der Waals surface area contributed by atoms with Gasteiger partial charge in [-0.05, 0) is 63.1 Å². The Kier molecular flexibility index (Phi) is 7.87.